The molecule has 1 amide bonds. The number of Topliss-reactive ketones (excluding diaryl/α,β-unsaturated/α-hetero) is 1. The van der Waals surface area contributed by atoms with Gasteiger partial charge in [0.15, 0.2) is 23.3 Å². The zero-order valence-electron chi connectivity index (χ0n) is 24.9. The molecule has 2 heterocycles. The maximum absolute atomic E-state index is 14.8. The predicted molar refractivity (Wildman–Crippen MR) is 146 cm³/mol. The molecule has 1 N–H and O–H groups in total. The second kappa shape index (κ2) is 8.75. The number of hydrogen-bond acceptors (Lipinski definition) is 7. The quantitative estimate of drug-likeness (QED) is 0.556. The van der Waals surface area contributed by atoms with Crippen molar-refractivity contribution in [2.45, 2.75) is 85.4 Å². The summed E-state index contributed by atoms with van der Waals surface area (Å²) in [6.07, 6.45) is 1.92. The Morgan fingerprint density at radius 1 is 1.21 bits per heavy atom. The van der Waals surface area contributed by atoms with Crippen molar-refractivity contribution in [3.05, 3.63) is 35.1 Å². The maximum Gasteiger partial charge on any atom is 0.415 e. The van der Waals surface area contributed by atoms with Gasteiger partial charge in [0.05, 0.1) is 17.7 Å². The number of fused-ring (bicyclic) bond motifs is 3. The van der Waals surface area contributed by atoms with E-state index in [0.717, 1.165) is 12.1 Å². The molecule has 2 fully saturated rings. The van der Waals surface area contributed by atoms with Crippen LogP contribution in [0.3, 0.4) is 0 Å². The van der Waals surface area contributed by atoms with Gasteiger partial charge in [-0.2, -0.15) is 5.10 Å². The van der Waals surface area contributed by atoms with Crippen LogP contribution in [0.5, 0.6) is 0 Å². The molecule has 1 saturated heterocycles. The summed E-state index contributed by atoms with van der Waals surface area (Å²) in [5.74, 6) is -0.989. The number of anilines is 1. The highest BCUT2D eigenvalue weighted by Crippen LogP contribution is 2.63. The summed E-state index contributed by atoms with van der Waals surface area (Å²) < 4.78 is 20.3. The number of rotatable bonds is 2. The average molecular weight is 542 g/mol. The normalized spacial score (nSPS) is 38.5. The third-order valence-electron chi connectivity index (χ3n) is 10.1. The van der Waals surface area contributed by atoms with Crippen molar-refractivity contribution in [2.75, 3.05) is 18.6 Å². The molecule has 2 bridgehead atoms. The highest BCUT2D eigenvalue weighted by atomic mass is 16.7. The van der Waals surface area contributed by atoms with Crippen molar-refractivity contribution >= 4 is 17.7 Å². The Balaban J connectivity index is 1.67. The molecule has 1 aliphatic heterocycles. The van der Waals surface area contributed by atoms with E-state index in [0.29, 0.717) is 17.0 Å². The van der Waals surface area contributed by atoms with Gasteiger partial charge in [0.25, 0.3) is 0 Å². The molecule has 1 saturated carbocycles. The first kappa shape index (κ1) is 28.1. The fraction of sp³-hybridized carbons (Fsp3) is 0.700. The van der Waals surface area contributed by atoms with Crippen molar-refractivity contribution in [1.82, 2.24) is 9.78 Å². The van der Waals surface area contributed by atoms with Gasteiger partial charge in [0.1, 0.15) is 11.9 Å². The fourth-order valence-electron chi connectivity index (χ4n) is 7.54. The molecule has 7 atom stereocenters. The summed E-state index contributed by atoms with van der Waals surface area (Å²) >= 11 is 0. The number of aryl methyl sites for hydroxylation is 2. The van der Waals surface area contributed by atoms with Crippen molar-refractivity contribution in [2.24, 2.45) is 35.6 Å². The smallest absolute Gasteiger partial charge is 0.415 e. The standard InChI is InChI=1S/C30H43N3O6/c1-16-14-29-18(3)11-17(2)27(5,6)21(23(29)34)13-20-15-37-28(7,8)39-25(20)30(29,36)24(16)38-26(35)32(9)22-12-19(4)31-33(22)10/h12-14,17-18,21,24-25,36H,11,15H2,1-10H3/t17-,18+,21+,24-,25+,29-,30+/m0/s1. The lowest BCUT2D eigenvalue weighted by Crippen LogP contribution is -2.68. The summed E-state index contributed by atoms with van der Waals surface area (Å²) in [5.41, 5.74) is -1.43. The number of ether oxygens (including phenoxy) is 3. The first-order valence-corrected chi connectivity index (χ1v) is 13.9. The number of carbonyl (C=O) groups excluding carboxylic acids is 2. The van der Waals surface area contributed by atoms with Gasteiger partial charge in [0, 0.05) is 26.1 Å². The molecule has 1 spiro atoms. The highest BCUT2D eigenvalue weighted by Gasteiger charge is 2.74. The van der Waals surface area contributed by atoms with E-state index >= 15 is 0 Å². The minimum absolute atomic E-state index is 0.0522. The zero-order chi connectivity index (χ0) is 28.9. The minimum atomic E-state index is -1.87. The van der Waals surface area contributed by atoms with Crippen molar-refractivity contribution < 1.29 is 28.9 Å². The second-order valence-corrected chi connectivity index (χ2v) is 13.3. The number of carbonyl (C=O) groups is 2. The van der Waals surface area contributed by atoms with Gasteiger partial charge in [-0.3, -0.25) is 14.4 Å². The third kappa shape index (κ3) is 3.79. The molecule has 0 unspecified atom stereocenters. The van der Waals surface area contributed by atoms with E-state index in [1.807, 2.05) is 32.9 Å². The number of aromatic nitrogens is 2. The van der Waals surface area contributed by atoms with Crippen LogP contribution in [0.2, 0.25) is 0 Å². The number of ketones is 1. The Kier molecular flexibility index (Phi) is 6.30. The van der Waals surface area contributed by atoms with Crippen molar-refractivity contribution in [1.29, 1.82) is 0 Å². The largest absolute Gasteiger partial charge is 0.438 e. The van der Waals surface area contributed by atoms with E-state index in [2.05, 4.69) is 25.9 Å². The Morgan fingerprint density at radius 2 is 1.87 bits per heavy atom. The van der Waals surface area contributed by atoms with Crippen LogP contribution in [0.1, 0.15) is 60.6 Å². The van der Waals surface area contributed by atoms with E-state index in [1.54, 1.807) is 38.7 Å². The molecule has 5 rings (SSSR count). The first-order chi connectivity index (χ1) is 18.0. The van der Waals surface area contributed by atoms with Gasteiger partial charge in [-0.1, -0.05) is 39.8 Å². The van der Waals surface area contributed by atoms with Gasteiger partial charge in [-0.05, 0) is 62.5 Å². The van der Waals surface area contributed by atoms with Gasteiger partial charge in [0.2, 0.25) is 0 Å². The van der Waals surface area contributed by atoms with Crippen LogP contribution in [0.15, 0.2) is 29.4 Å². The van der Waals surface area contributed by atoms with Gasteiger partial charge in [-0.15, -0.1) is 0 Å². The number of hydrogen-bond donors (Lipinski definition) is 1. The van der Waals surface area contributed by atoms with Crippen LogP contribution in [0, 0.1) is 35.5 Å². The number of allylic oxidation sites excluding steroid dienone is 1. The molecule has 1 aromatic heterocycles. The monoisotopic (exact) mass is 541 g/mol. The van der Waals surface area contributed by atoms with E-state index in [-0.39, 0.29) is 29.6 Å². The Labute approximate surface area is 231 Å². The SMILES string of the molecule is CC1=C[C@]23C(=O)[C@@H](C=C4COC(C)(C)O[C@H]4[C@]2(O)[C@H]1OC(=O)N(C)c1cc(C)nn1C)C(C)(C)[C@@H](C)C[C@H]3C. The number of amides is 1. The van der Waals surface area contributed by atoms with Gasteiger partial charge >= 0.3 is 6.09 Å². The van der Waals surface area contributed by atoms with Crippen LogP contribution in [-0.2, 0) is 26.1 Å². The molecule has 9 nitrogen and oxygen atoms in total. The lowest BCUT2D eigenvalue weighted by atomic mass is 9.59. The lowest BCUT2D eigenvalue weighted by Gasteiger charge is -2.52. The predicted octanol–water partition coefficient (Wildman–Crippen LogP) is 4.33. The lowest BCUT2D eigenvalue weighted by molar-refractivity contribution is -0.302. The zero-order valence-corrected chi connectivity index (χ0v) is 24.9. The summed E-state index contributed by atoms with van der Waals surface area (Å²) in [6, 6.07) is 1.79. The van der Waals surface area contributed by atoms with Crippen LogP contribution < -0.4 is 4.90 Å². The van der Waals surface area contributed by atoms with Crippen LogP contribution in [0.4, 0.5) is 10.6 Å². The Hall–Kier alpha value is -2.49. The molecule has 214 valence electrons. The van der Waals surface area contributed by atoms with E-state index in [4.69, 9.17) is 14.2 Å². The summed E-state index contributed by atoms with van der Waals surface area (Å²) in [5, 5.41) is 17.5. The van der Waals surface area contributed by atoms with E-state index in [9.17, 15) is 14.7 Å². The molecule has 0 aromatic carbocycles. The minimum Gasteiger partial charge on any atom is -0.438 e. The second-order valence-electron chi connectivity index (χ2n) is 13.3. The van der Waals surface area contributed by atoms with E-state index in [1.165, 1.54) is 4.90 Å². The summed E-state index contributed by atoms with van der Waals surface area (Å²) in [4.78, 5) is 29.8. The highest BCUT2D eigenvalue weighted by molar-refractivity contribution is 5.95. The number of aliphatic hydroxyl groups is 1. The molecule has 0 radical (unpaired) electrons. The topological polar surface area (TPSA) is 103 Å². The van der Waals surface area contributed by atoms with Crippen LogP contribution in [0.25, 0.3) is 0 Å². The van der Waals surface area contributed by atoms with Gasteiger partial charge < -0.3 is 19.3 Å². The average Bonchev–Trinajstić information content (AvgIpc) is 3.26. The number of nitrogens with zero attached hydrogens (tertiary/aromatic N) is 3. The molecular formula is C30H43N3O6. The van der Waals surface area contributed by atoms with Crippen molar-refractivity contribution in [3.63, 3.8) is 0 Å². The molecule has 3 aliphatic carbocycles. The Morgan fingerprint density at radius 3 is 2.49 bits per heavy atom. The molecule has 39 heavy (non-hydrogen) atoms. The third-order valence-corrected chi connectivity index (χ3v) is 10.1. The van der Waals surface area contributed by atoms with Crippen LogP contribution >= 0.6 is 0 Å². The van der Waals surface area contributed by atoms with E-state index < -0.39 is 41.0 Å². The molecule has 9 heteroatoms. The maximum atomic E-state index is 14.8. The van der Waals surface area contributed by atoms with Crippen LogP contribution in [-0.4, -0.2) is 64.0 Å². The molecular weight excluding hydrogens is 498 g/mol. The molecule has 4 aliphatic rings. The summed E-state index contributed by atoms with van der Waals surface area (Å²) in [7, 11) is 3.36. The molecule has 1 aromatic rings. The first-order valence-electron chi connectivity index (χ1n) is 13.9. The summed E-state index contributed by atoms with van der Waals surface area (Å²) in [6.45, 7) is 16.0. The Bertz CT molecular complexity index is 1280. The van der Waals surface area contributed by atoms with Gasteiger partial charge in [-0.25, -0.2) is 4.79 Å². The fourth-order valence-corrected chi connectivity index (χ4v) is 7.54. The van der Waals surface area contributed by atoms with Crippen molar-refractivity contribution in [3.8, 4) is 0 Å².